The van der Waals surface area contributed by atoms with Crippen LogP contribution in [-0.2, 0) is 0 Å². The summed E-state index contributed by atoms with van der Waals surface area (Å²) in [6, 6.07) is 4.58. The molecule has 1 rings (SSSR count). The maximum atomic E-state index is 13.7. The first kappa shape index (κ1) is 17.4. The Balaban J connectivity index is 2.68. The van der Waals surface area contributed by atoms with Gasteiger partial charge in [-0.25, -0.2) is 9.37 Å². The largest absolute Gasteiger partial charge is 0.330 e. The SMILES string of the molecule is CC(C#N)(CCCN)SCC(N)c1nc(Br)ccc1F. The second-order valence-corrected chi connectivity index (χ2v) is 6.99. The Kier molecular flexibility index (Phi) is 6.89. The van der Waals surface area contributed by atoms with Gasteiger partial charge in [0.05, 0.1) is 22.6 Å². The van der Waals surface area contributed by atoms with E-state index in [4.69, 9.17) is 11.5 Å². The third kappa shape index (κ3) is 5.02. The van der Waals surface area contributed by atoms with Crippen molar-refractivity contribution in [2.24, 2.45) is 11.5 Å². The van der Waals surface area contributed by atoms with E-state index in [-0.39, 0.29) is 5.69 Å². The molecule has 0 bridgehead atoms. The van der Waals surface area contributed by atoms with Gasteiger partial charge in [0.1, 0.15) is 10.4 Å². The molecule has 0 saturated heterocycles. The van der Waals surface area contributed by atoms with Crippen LogP contribution in [0.2, 0.25) is 0 Å². The van der Waals surface area contributed by atoms with Gasteiger partial charge >= 0.3 is 0 Å². The number of hydrogen-bond acceptors (Lipinski definition) is 5. The van der Waals surface area contributed by atoms with Crippen LogP contribution in [0.3, 0.4) is 0 Å². The Morgan fingerprint density at radius 2 is 2.30 bits per heavy atom. The van der Waals surface area contributed by atoms with Crippen LogP contribution in [0.25, 0.3) is 0 Å². The van der Waals surface area contributed by atoms with Crippen molar-refractivity contribution in [1.29, 1.82) is 5.26 Å². The summed E-state index contributed by atoms with van der Waals surface area (Å²) < 4.78 is 13.7. The first-order chi connectivity index (χ1) is 9.41. The second-order valence-electron chi connectivity index (χ2n) is 4.65. The minimum Gasteiger partial charge on any atom is -0.330 e. The minimum absolute atomic E-state index is 0.214. The molecule has 4 nitrogen and oxygen atoms in total. The molecule has 0 radical (unpaired) electrons. The first-order valence-corrected chi connectivity index (χ1v) is 8.02. The molecule has 0 spiro atoms. The van der Waals surface area contributed by atoms with Crippen LogP contribution in [-0.4, -0.2) is 22.0 Å². The number of pyridine rings is 1. The van der Waals surface area contributed by atoms with Crippen molar-refractivity contribution in [1.82, 2.24) is 4.98 Å². The minimum atomic E-state index is -0.556. The van der Waals surface area contributed by atoms with Crippen molar-refractivity contribution in [3.05, 3.63) is 28.2 Å². The molecule has 0 saturated carbocycles. The topological polar surface area (TPSA) is 88.7 Å². The van der Waals surface area contributed by atoms with Crippen LogP contribution >= 0.6 is 27.7 Å². The van der Waals surface area contributed by atoms with E-state index in [0.717, 1.165) is 6.42 Å². The molecule has 0 aliphatic carbocycles. The van der Waals surface area contributed by atoms with Crippen LogP contribution in [0.5, 0.6) is 0 Å². The van der Waals surface area contributed by atoms with Crippen LogP contribution in [0, 0.1) is 17.1 Å². The van der Waals surface area contributed by atoms with Crippen LogP contribution in [0.1, 0.15) is 31.5 Å². The molecule has 20 heavy (non-hydrogen) atoms. The Bertz CT molecular complexity index is 494. The summed E-state index contributed by atoms with van der Waals surface area (Å²) in [5.41, 5.74) is 11.7. The zero-order chi connectivity index (χ0) is 15.2. The number of halogens is 2. The molecular weight excluding hydrogens is 343 g/mol. The Hall–Kier alpha value is -0.680. The van der Waals surface area contributed by atoms with Crippen molar-refractivity contribution < 1.29 is 4.39 Å². The molecule has 4 N–H and O–H groups in total. The first-order valence-electron chi connectivity index (χ1n) is 6.24. The molecular formula is C13H18BrFN4S. The van der Waals surface area contributed by atoms with Gasteiger partial charge < -0.3 is 11.5 Å². The number of thioether (sulfide) groups is 1. The standard InChI is InChI=1S/C13H18BrFN4S/c1-13(8-17,5-2-6-16)20-7-10(18)12-9(15)3-4-11(14)19-12/h3-4,10H,2,5-7,16,18H2,1H3. The molecule has 0 aliphatic heterocycles. The summed E-state index contributed by atoms with van der Waals surface area (Å²) in [5, 5.41) is 9.24. The number of rotatable bonds is 7. The Morgan fingerprint density at radius 3 is 2.90 bits per heavy atom. The van der Waals surface area contributed by atoms with E-state index in [0.29, 0.717) is 23.3 Å². The molecule has 0 fully saturated rings. The lowest BCUT2D eigenvalue weighted by atomic mass is 10.1. The summed E-state index contributed by atoms with van der Waals surface area (Å²) in [6.45, 7) is 2.40. The molecule has 2 unspecified atom stereocenters. The maximum Gasteiger partial charge on any atom is 0.146 e. The number of nitriles is 1. The number of nitrogens with zero attached hydrogens (tertiary/aromatic N) is 2. The van der Waals surface area contributed by atoms with Gasteiger partial charge in [0, 0.05) is 5.75 Å². The van der Waals surface area contributed by atoms with E-state index < -0.39 is 16.6 Å². The molecule has 0 amide bonds. The van der Waals surface area contributed by atoms with Crippen molar-refractivity contribution >= 4 is 27.7 Å². The number of hydrogen-bond donors (Lipinski definition) is 2. The molecule has 110 valence electrons. The van der Waals surface area contributed by atoms with E-state index in [1.54, 1.807) is 0 Å². The van der Waals surface area contributed by atoms with Gasteiger partial charge in [-0.3, -0.25) is 0 Å². The summed E-state index contributed by atoms with van der Waals surface area (Å²) >= 11 is 4.61. The van der Waals surface area contributed by atoms with Crippen molar-refractivity contribution in [3.63, 3.8) is 0 Å². The van der Waals surface area contributed by atoms with Crippen LogP contribution in [0.4, 0.5) is 4.39 Å². The Labute approximate surface area is 131 Å². The number of aromatic nitrogens is 1. The predicted molar refractivity (Wildman–Crippen MR) is 83.6 cm³/mol. The van der Waals surface area contributed by atoms with E-state index in [9.17, 15) is 9.65 Å². The molecule has 1 aromatic rings. The van der Waals surface area contributed by atoms with E-state index in [2.05, 4.69) is 27.0 Å². The van der Waals surface area contributed by atoms with Crippen molar-refractivity contribution in [3.8, 4) is 6.07 Å². The van der Waals surface area contributed by atoms with E-state index >= 15 is 0 Å². The normalized spacial score (nSPS) is 15.4. The van der Waals surface area contributed by atoms with Crippen LogP contribution < -0.4 is 11.5 Å². The third-order valence-corrected chi connectivity index (χ3v) is 4.77. The van der Waals surface area contributed by atoms with Gasteiger partial charge in [-0.1, -0.05) is 0 Å². The summed E-state index contributed by atoms with van der Waals surface area (Å²) in [6.07, 6.45) is 1.46. The second kappa shape index (κ2) is 7.93. The summed E-state index contributed by atoms with van der Waals surface area (Å²) in [5.74, 6) is -0.00318. The lowest BCUT2D eigenvalue weighted by Crippen LogP contribution is -2.24. The van der Waals surface area contributed by atoms with E-state index in [1.165, 1.54) is 23.9 Å². The number of nitrogens with two attached hydrogens (primary N) is 2. The summed E-state index contributed by atoms with van der Waals surface area (Å²) in [4.78, 5) is 4.06. The molecule has 0 aliphatic rings. The van der Waals surface area contributed by atoms with Gasteiger partial charge in [0.2, 0.25) is 0 Å². The molecule has 7 heteroatoms. The highest BCUT2D eigenvalue weighted by molar-refractivity contribution is 9.10. The molecule has 1 aromatic heterocycles. The lowest BCUT2D eigenvalue weighted by molar-refractivity contribution is 0.578. The quantitative estimate of drug-likeness (QED) is 0.729. The highest BCUT2D eigenvalue weighted by Crippen LogP contribution is 2.32. The molecule has 2 atom stereocenters. The molecule has 0 aromatic carbocycles. The van der Waals surface area contributed by atoms with Gasteiger partial charge in [0.15, 0.2) is 0 Å². The lowest BCUT2D eigenvalue weighted by Gasteiger charge is -2.22. The zero-order valence-corrected chi connectivity index (χ0v) is 13.7. The maximum absolute atomic E-state index is 13.7. The van der Waals surface area contributed by atoms with Gasteiger partial charge in [-0.2, -0.15) is 5.26 Å². The average molecular weight is 361 g/mol. The zero-order valence-electron chi connectivity index (χ0n) is 11.3. The fourth-order valence-corrected chi connectivity index (χ4v) is 3.03. The Morgan fingerprint density at radius 1 is 1.60 bits per heavy atom. The van der Waals surface area contributed by atoms with E-state index in [1.807, 2.05) is 6.92 Å². The average Bonchev–Trinajstić information content (AvgIpc) is 2.45. The smallest absolute Gasteiger partial charge is 0.146 e. The van der Waals surface area contributed by atoms with Gasteiger partial charge in [-0.05, 0) is 54.4 Å². The van der Waals surface area contributed by atoms with Crippen molar-refractivity contribution in [2.45, 2.75) is 30.6 Å². The monoisotopic (exact) mass is 360 g/mol. The fraction of sp³-hybridized carbons (Fsp3) is 0.538. The predicted octanol–water partition coefficient (Wildman–Crippen LogP) is 2.74. The third-order valence-electron chi connectivity index (χ3n) is 2.87. The highest BCUT2D eigenvalue weighted by atomic mass is 79.9. The van der Waals surface area contributed by atoms with Gasteiger partial charge in [0.25, 0.3) is 0 Å². The summed E-state index contributed by atoms with van der Waals surface area (Å²) in [7, 11) is 0. The molecule has 1 heterocycles. The fourth-order valence-electron chi connectivity index (χ4n) is 1.65. The van der Waals surface area contributed by atoms with Gasteiger partial charge in [-0.15, -0.1) is 11.8 Å². The van der Waals surface area contributed by atoms with Crippen molar-refractivity contribution in [2.75, 3.05) is 12.3 Å². The highest BCUT2D eigenvalue weighted by Gasteiger charge is 2.26. The van der Waals surface area contributed by atoms with Crippen LogP contribution in [0.15, 0.2) is 16.7 Å².